The minimum atomic E-state index is -4.03. The van der Waals surface area contributed by atoms with E-state index in [0.717, 1.165) is 5.56 Å². The number of nitrogens with two attached hydrogens (primary N) is 1. The van der Waals surface area contributed by atoms with E-state index in [2.05, 4.69) is 5.32 Å². The standard InChI is InChI=1S/C21H21FN2O2S/c1-14-7-6-10-18(27(23,25)26)19(14)20-17(15-8-4-3-5-9-15)12-11-16(13-24-2)21(20)22/h3-12,24H,13H2,1-2H3,(H2,23,25,26). The topological polar surface area (TPSA) is 72.2 Å². The van der Waals surface area contributed by atoms with Crippen molar-refractivity contribution in [3.8, 4) is 22.3 Å². The molecule has 6 heteroatoms. The van der Waals surface area contributed by atoms with Gasteiger partial charge in [0.15, 0.2) is 0 Å². The maximum atomic E-state index is 15.6. The highest BCUT2D eigenvalue weighted by atomic mass is 32.2. The van der Waals surface area contributed by atoms with E-state index in [1.165, 1.54) is 6.07 Å². The molecule has 3 rings (SSSR count). The molecule has 0 saturated carbocycles. The summed E-state index contributed by atoms with van der Waals surface area (Å²) in [6, 6.07) is 17.6. The molecule has 0 radical (unpaired) electrons. The minimum Gasteiger partial charge on any atom is -0.316 e. The Bertz CT molecular complexity index is 1080. The predicted molar refractivity (Wildman–Crippen MR) is 106 cm³/mol. The lowest BCUT2D eigenvalue weighted by atomic mass is 9.90. The van der Waals surface area contributed by atoms with Crippen molar-refractivity contribution >= 4 is 10.0 Å². The summed E-state index contributed by atoms with van der Waals surface area (Å²) in [6.45, 7) is 2.08. The van der Waals surface area contributed by atoms with Crippen molar-refractivity contribution in [3.63, 3.8) is 0 Å². The summed E-state index contributed by atoms with van der Waals surface area (Å²) in [6.07, 6.45) is 0. The van der Waals surface area contributed by atoms with Crippen LogP contribution in [0.1, 0.15) is 11.1 Å². The Morgan fingerprint density at radius 2 is 1.67 bits per heavy atom. The number of benzene rings is 3. The SMILES string of the molecule is CNCc1ccc(-c2ccccc2)c(-c2c(C)cccc2S(N)(=O)=O)c1F. The molecule has 27 heavy (non-hydrogen) atoms. The summed E-state index contributed by atoms with van der Waals surface area (Å²) >= 11 is 0. The van der Waals surface area contributed by atoms with Crippen molar-refractivity contribution in [1.29, 1.82) is 0 Å². The van der Waals surface area contributed by atoms with Gasteiger partial charge in [0.1, 0.15) is 5.82 Å². The highest BCUT2D eigenvalue weighted by Crippen LogP contribution is 2.40. The van der Waals surface area contributed by atoms with Crippen LogP contribution in [0.4, 0.5) is 4.39 Å². The number of hydrogen-bond acceptors (Lipinski definition) is 3. The van der Waals surface area contributed by atoms with Gasteiger partial charge in [-0.05, 0) is 36.7 Å². The minimum absolute atomic E-state index is 0.0832. The van der Waals surface area contributed by atoms with Crippen LogP contribution in [0.5, 0.6) is 0 Å². The van der Waals surface area contributed by atoms with E-state index in [0.29, 0.717) is 28.8 Å². The lowest BCUT2D eigenvalue weighted by Gasteiger charge is -2.18. The van der Waals surface area contributed by atoms with E-state index < -0.39 is 15.8 Å². The molecule has 0 bridgehead atoms. The van der Waals surface area contributed by atoms with Gasteiger partial charge in [0, 0.05) is 23.2 Å². The van der Waals surface area contributed by atoms with Crippen LogP contribution in [0.3, 0.4) is 0 Å². The van der Waals surface area contributed by atoms with E-state index in [1.54, 1.807) is 32.2 Å². The lowest BCUT2D eigenvalue weighted by Crippen LogP contribution is -2.15. The molecule has 0 unspecified atom stereocenters. The Morgan fingerprint density at radius 1 is 0.963 bits per heavy atom. The van der Waals surface area contributed by atoms with Crippen molar-refractivity contribution in [1.82, 2.24) is 5.32 Å². The van der Waals surface area contributed by atoms with Crippen LogP contribution in [0.2, 0.25) is 0 Å². The average Bonchev–Trinajstić information content (AvgIpc) is 2.63. The van der Waals surface area contributed by atoms with Gasteiger partial charge in [0.05, 0.1) is 4.90 Å². The van der Waals surface area contributed by atoms with E-state index in [9.17, 15) is 8.42 Å². The van der Waals surface area contributed by atoms with Crippen molar-refractivity contribution in [2.75, 3.05) is 7.05 Å². The monoisotopic (exact) mass is 384 g/mol. The Labute approximate surface area is 158 Å². The van der Waals surface area contributed by atoms with Gasteiger partial charge in [-0.25, -0.2) is 17.9 Å². The molecular weight excluding hydrogens is 363 g/mol. The smallest absolute Gasteiger partial charge is 0.238 e. The van der Waals surface area contributed by atoms with Crippen LogP contribution >= 0.6 is 0 Å². The van der Waals surface area contributed by atoms with Gasteiger partial charge < -0.3 is 5.32 Å². The molecule has 0 amide bonds. The van der Waals surface area contributed by atoms with Crippen molar-refractivity contribution in [2.24, 2.45) is 5.14 Å². The third-order valence-corrected chi connectivity index (χ3v) is 5.42. The molecule has 3 aromatic carbocycles. The lowest BCUT2D eigenvalue weighted by molar-refractivity contribution is 0.596. The predicted octanol–water partition coefficient (Wildman–Crippen LogP) is 3.83. The first kappa shape index (κ1) is 19.2. The molecular formula is C21H21FN2O2S. The third kappa shape index (κ3) is 3.78. The van der Waals surface area contributed by atoms with Gasteiger partial charge in [0.2, 0.25) is 10.0 Å². The molecule has 3 aromatic rings. The maximum Gasteiger partial charge on any atom is 0.238 e. The third-order valence-electron chi connectivity index (χ3n) is 4.47. The van der Waals surface area contributed by atoms with Gasteiger partial charge in [-0.2, -0.15) is 0 Å². The second kappa shape index (κ2) is 7.60. The number of primary sulfonamides is 1. The number of hydrogen-bond donors (Lipinski definition) is 2. The number of aryl methyl sites for hydroxylation is 1. The maximum absolute atomic E-state index is 15.6. The molecule has 0 saturated heterocycles. The van der Waals surface area contributed by atoms with E-state index in [1.807, 2.05) is 36.4 Å². The summed E-state index contributed by atoms with van der Waals surface area (Å²) in [5, 5.41) is 8.38. The molecule has 0 aliphatic rings. The molecule has 0 fully saturated rings. The highest BCUT2D eigenvalue weighted by Gasteiger charge is 2.24. The Balaban J connectivity index is 2.44. The van der Waals surface area contributed by atoms with Gasteiger partial charge >= 0.3 is 0 Å². The Kier molecular flexibility index (Phi) is 5.41. The molecule has 3 N–H and O–H groups in total. The first-order chi connectivity index (χ1) is 12.8. The zero-order valence-corrected chi connectivity index (χ0v) is 16.0. The molecule has 0 aliphatic carbocycles. The van der Waals surface area contributed by atoms with Gasteiger partial charge in [0.25, 0.3) is 0 Å². The summed E-state index contributed by atoms with van der Waals surface area (Å²) in [5.74, 6) is -0.454. The number of nitrogens with one attached hydrogen (secondary N) is 1. The van der Waals surface area contributed by atoms with E-state index in [4.69, 9.17) is 5.14 Å². The summed E-state index contributed by atoms with van der Waals surface area (Å²) in [4.78, 5) is -0.0832. The van der Waals surface area contributed by atoms with Crippen LogP contribution in [0.25, 0.3) is 22.3 Å². The van der Waals surface area contributed by atoms with Crippen LogP contribution in [-0.4, -0.2) is 15.5 Å². The Morgan fingerprint density at radius 3 is 2.30 bits per heavy atom. The zero-order valence-electron chi connectivity index (χ0n) is 15.2. The van der Waals surface area contributed by atoms with Gasteiger partial charge in [-0.1, -0.05) is 54.6 Å². The summed E-state index contributed by atoms with van der Waals surface area (Å²) < 4.78 is 39.9. The fourth-order valence-corrected chi connectivity index (χ4v) is 4.06. The van der Waals surface area contributed by atoms with E-state index in [-0.39, 0.29) is 10.5 Å². The fraction of sp³-hybridized carbons (Fsp3) is 0.143. The second-order valence-electron chi connectivity index (χ2n) is 6.35. The average molecular weight is 384 g/mol. The van der Waals surface area contributed by atoms with Gasteiger partial charge in [-0.3, -0.25) is 0 Å². The second-order valence-corrected chi connectivity index (χ2v) is 7.88. The van der Waals surface area contributed by atoms with E-state index >= 15 is 4.39 Å². The van der Waals surface area contributed by atoms with Crippen LogP contribution in [0.15, 0.2) is 65.6 Å². The number of halogens is 1. The largest absolute Gasteiger partial charge is 0.316 e. The molecule has 0 heterocycles. The van der Waals surface area contributed by atoms with Crippen molar-refractivity contribution in [3.05, 3.63) is 77.6 Å². The normalized spacial score (nSPS) is 11.6. The molecule has 0 aromatic heterocycles. The number of rotatable bonds is 5. The van der Waals surface area contributed by atoms with Crippen molar-refractivity contribution < 1.29 is 12.8 Å². The van der Waals surface area contributed by atoms with Crippen LogP contribution < -0.4 is 10.5 Å². The molecule has 0 spiro atoms. The highest BCUT2D eigenvalue weighted by molar-refractivity contribution is 7.89. The zero-order chi connectivity index (χ0) is 19.6. The van der Waals surface area contributed by atoms with Crippen molar-refractivity contribution in [2.45, 2.75) is 18.4 Å². The van der Waals surface area contributed by atoms with Crippen LogP contribution in [-0.2, 0) is 16.6 Å². The molecule has 4 nitrogen and oxygen atoms in total. The fourth-order valence-electron chi connectivity index (χ4n) is 3.25. The first-order valence-electron chi connectivity index (χ1n) is 8.48. The van der Waals surface area contributed by atoms with Gasteiger partial charge in [-0.15, -0.1) is 0 Å². The molecule has 140 valence electrons. The van der Waals surface area contributed by atoms with Crippen LogP contribution in [0, 0.1) is 12.7 Å². The quantitative estimate of drug-likeness (QED) is 0.702. The molecule has 0 aliphatic heterocycles. The summed E-state index contributed by atoms with van der Waals surface area (Å²) in [7, 11) is -2.30. The molecule has 0 atom stereocenters. The number of sulfonamides is 1. The first-order valence-corrected chi connectivity index (χ1v) is 10.0. The Hall–Kier alpha value is -2.54. The summed E-state index contributed by atoms with van der Waals surface area (Å²) in [5.41, 5.74) is 3.05.